The number of rotatable bonds is 8. The fraction of sp³-hybridized carbons (Fsp3) is 0.263. The van der Waals surface area contributed by atoms with Gasteiger partial charge in [-0.25, -0.2) is 0 Å². The summed E-state index contributed by atoms with van der Waals surface area (Å²) >= 11 is 0. The van der Waals surface area contributed by atoms with E-state index in [1.54, 1.807) is 24.3 Å². The number of aliphatic carboxylic acids is 1. The van der Waals surface area contributed by atoms with Crippen LogP contribution >= 0.6 is 0 Å². The van der Waals surface area contributed by atoms with Crippen LogP contribution in [0.5, 0.6) is 5.75 Å². The monoisotopic (exact) mass is 326 g/mol. The van der Waals surface area contributed by atoms with Crippen LogP contribution < -0.4 is 15.2 Å². The summed E-state index contributed by atoms with van der Waals surface area (Å²) in [5.41, 5.74) is 1.57. The van der Waals surface area contributed by atoms with Crippen molar-refractivity contribution in [3.05, 3.63) is 65.7 Å². The summed E-state index contributed by atoms with van der Waals surface area (Å²) in [7, 11) is 0. The Balaban J connectivity index is 2.07. The predicted molar refractivity (Wildman–Crippen MR) is 88.3 cm³/mol. The summed E-state index contributed by atoms with van der Waals surface area (Å²) in [6, 6.07) is 15.7. The Bertz CT molecular complexity index is 668. The summed E-state index contributed by atoms with van der Waals surface area (Å²) in [6.45, 7) is 2.44. The van der Waals surface area contributed by atoms with Crippen molar-refractivity contribution in [3.8, 4) is 5.75 Å². The molecule has 0 heterocycles. The lowest BCUT2D eigenvalue weighted by Gasteiger charge is -2.20. The zero-order chi connectivity index (χ0) is 17.4. The van der Waals surface area contributed by atoms with E-state index in [1.807, 2.05) is 37.3 Å². The Labute approximate surface area is 141 Å². The summed E-state index contributed by atoms with van der Waals surface area (Å²) in [5, 5.41) is 13.8. The molecule has 0 aromatic heterocycles. The van der Waals surface area contributed by atoms with Crippen molar-refractivity contribution in [1.29, 1.82) is 0 Å². The van der Waals surface area contributed by atoms with Crippen LogP contribution in [0.4, 0.5) is 0 Å². The van der Waals surface area contributed by atoms with E-state index in [0.717, 1.165) is 5.56 Å². The minimum Gasteiger partial charge on any atom is -0.550 e. The van der Waals surface area contributed by atoms with Gasteiger partial charge in [-0.3, -0.25) is 4.79 Å². The maximum Gasteiger partial charge on any atom is 0.224 e. The third-order valence-electron chi connectivity index (χ3n) is 3.51. The van der Waals surface area contributed by atoms with Crippen molar-refractivity contribution in [2.45, 2.75) is 25.8 Å². The number of nitrogens with one attached hydrogen (secondary N) is 1. The molecule has 0 aliphatic carbocycles. The van der Waals surface area contributed by atoms with Gasteiger partial charge < -0.3 is 20.0 Å². The zero-order valence-corrected chi connectivity index (χ0v) is 13.5. The van der Waals surface area contributed by atoms with Gasteiger partial charge in [-0.15, -0.1) is 0 Å². The normalized spacial score (nSPS) is 11.5. The fourth-order valence-corrected chi connectivity index (χ4v) is 2.41. The van der Waals surface area contributed by atoms with Crippen LogP contribution in [-0.4, -0.2) is 18.5 Å². The topological polar surface area (TPSA) is 78.5 Å². The number of carbonyl (C=O) groups excluding carboxylic acids is 2. The second-order valence-corrected chi connectivity index (χ2v) is 5.36. The number of hydrogen-bond acceptors (Lipinski definition) is 4. The largest absolute Gasteiger partial charge is 0.550 e. The quantitative estimate of drug-likeness (QED) is 0.799. The molecule has 2 aromatic rings. The Morgan fingerprint density at radius 1 is 1.08 bits per heavy atom. The van der Waals surface area contributed by atoms with Gasteiger partial charge >= 0.3 is 0 Å². The second-order valence-electron chi connectivity index (χ2n) is 5.36. The Kier molecular flexibility index (Phi) is 6.37. The molecule has 126 valence electrons. The number of carboxylic acids is 1. The van der Waals surface area contributed by atoms with E-state index in [9.17, 15) is 14.7 Å². The van der Waals surface area contributed by atoms with Gasteiger partial charge in [0.15, 0.2) is 0 Å². The highest BCUT2D eigenvalue weighted by Gasteiger charge is 2.15. The van der Waals surface area contributed by atoms with Crippen LogP contribution in [0.3, 0.4) is 0 Å². The van der Waals surface area contributed by atoms with Crippen LogP contribution in [0.15, 0.2) is 54.6 Å². The van der Waals surface area contributed by atoms with Gasteiger partial charge in [0.05, 0.1) is 19.1 Å². The molecule has 0 saturated carbocycles. The number of ether oxygens (including phenoxy) is 1. The minimum absolute atomic E-state index is 0.196. The van der Waals surface area contributed by atoms with Crippen molar-refractivity contribution >= 4 is 11.9 Å². The zero-order valence-electron chi connectivity index (χ0n) is 13.5. The number of hydrogen-bond donors (Lipinski definition) is 1. The van der Waals surface area contributed by atoms with E-state index in [1.165, 1.54) is 0 Å². The third-order valence-corrected chi connectivity index (χ3v) is 3.51. The molecular formula is C19H20NO4-. The van der Waals surface area contributed by atoms with E-state index < -0.39 is 12.0 Å². The van der Waals surface area contributed by atoms with Gasteiger partial charge in [0, 0.05) is 12.4 Å². The Morgan fingerprint density at radius 2 is 1.75 bits per heavy atom. The van der Waals surface area contributed by atoms with Gasteiger partial charge in [-0.05, 0) is 30.2 Å². The van der Waals surface area contributed by atoms with Gasteiger partial charge in [0.25, 0.3) is 0 Å². The average Bonchev–Trinajstić information content (AvgIpc) is 2.56. The van der Waals surface area contributed by atoms with E-state index >= 15 is 0 Å². The average molecular weight is 326 g/mol. The standard InChI is InChI=1S/C19H21NO4/c1-2-24-16-10-8-15(9-11-16)17(13-19(22)23)20-18(21)12-14-6-4-3-5-7-14/h3-11,17H,2,12-13H2,1H3,(H,20,21)(H,22,23)/p-1/t17-/m0/s1. The highest BCUT2D eigenvalue weighted by Crippen LogP contribution is 2.20. The maximum atomic E-state index is 12.2. The Hall–Kier alpha value is -2.82. The number of amides is 1. The molecule has 0 radical (unpaired) electrons. The molecule has 1 amide bonds. The van der Waals surface area contributed by atoms with Crippen LogP contribution in [-0.2, 0) is 16.0 Å². The highest BCUT2D eigenvalue weighted by atomic mass is 16.5. The molecule has 0 bridgehead atoms. The van der Waals surface area contributed by atoms with Gasteiger partial charge in [0.2, 0.25) is 5.91 Å². The fourth-order valence-electron chi connectivity index (χ4n) is 2.41. The van der Waals surface area contributed by atoms with Gasteiger partial charge in [0.1, 0.15) is 5.75 Å². The Morgan fingerprint density at radius 3 is 2.33 bits per heavy atom. The molecule has 0 unspecified atom stereocenters. The van der Waals surface area contributed by atoms with E-state index in [4.69, 9.17) is 4.74 Å². The molecule has 1 atom stereocenters. The van der Waals surface area contributed by atoms with E-state index in [2.05, 4.69) is 5.32 Å². The third kappa shape index (κ3) is 5.43. The number of benzene rings is 2. The number of carboxylic acid groups (broad SMARTS) is 1. The summed E-state index contributed by atoms with van der Waals surface area (Å²) in [6.07, 6.45) is -0.0874. The predicted octanol–water partition coefficient (Wildman–Crippen LogP) is 1.63. The molecule has 0 spiro atoms. The molecule has 0 saturated heterocycles. The second kappa shape index (κ2) is 8.72. The maximum absolute atomic E-state index is 12.2. The van der Waals surface area contributed by atoms with E-state index in [-0.39, 0.29) is 18.7 Å². The molecule has 0 aliphatic heterocycles. The molecule has 24 heavy (non-hydrogen) atoms. The molecule has 0 fully saturated rings. The first-order valence-corrected chi connectivity index (χ1v) is 7.84. The lowest BCUT2D eigenvalue weighted by atomic mass is 10.0. The van der Waals surface area contributed by atoms with Crippen molar-refractivity contribution in [2.75, 3.05) is 6.61 Å². The SMILES string of the molecule is CCOc1ccc([C@H](CC(=O)[O-])NC(=O)Cc2ccccc2)cc1. The molecule has 5 nitrogen and oxygen atoms in total. The smallest absolute Gasteiger partial charge is 0.224 e. The first-order valence-electron chi connectivity index (χ1n) is 7.84. The number of carbonyl (C=O) groups is 2. The van der Waals surface area contributed by atoms with Crippen LogP contribution in [0.2, 0.25) is 0 Å². The highest BCUT2D eigenvalue weighted by molar-refractivity contribution is 5.79. The van der Waals surface area contributed by atoms with Gasteiger partial charge in [-0.1, -0.05) is 42.5 Å². The van der Waals surface area contributed by atoms with Gasteiger partial charge in [-0.2, -0.15) is 0 Å². The van der Waals surface area contributed by atoms with Crippen molar-refractivity contribution < 1.29 is 19.4 Å². The molecule has 1 N–H and O–H groups in total. The summed E-state index contributed by atoms with van der Waals surface area (Å²) in [5.74, 6) is -0.751. The van der Waals surface area contributed by atoms with Crippen LogP contribution in [0.1, 0.15) is 30.5 Å². The first-order chi connectivity index (χ1) is 11.6. The molecule has 2 aromatic carbocycles. The lowest BCUT2D eigenvalue weighted by molar-refractivity contribution is -0.306. The summed E-state index contributed by atoms with van der Waals surface area (Å²) in [4.78, 5) is 23.2. The molecule has 0 aliphatic rings. The summed E-state index contributed by atoms with van der Waals surface area (Å²) < 4.78 is 5.37. The van der Waals surface area contributed by atoms with Crippen LogP contribution in [0.25, 0.3) is 0 Å². The van der Waals surface area contributed by atoms with E-state index in [0.29, 0.717) is 17.9 Å². The first kappa shape index (κ1) is 17.5. The minimum atomic E-state index is -1.21. The molecule has 5 heteroatoms. The van der Waals surface area contributed by atoms with Crippen LogP contribution in [0, 0.1) is 0 Å². The van der Waals surface area contributed by atoms with Crippen molar-refractivity contribution in [1.82, 2.24) is 5.32 Å². The molecule has 2 rings (SSSR count). The lowest BCUT2D eigenvalue weighted by Crippen LogP contribution is -2.35. The van der Waals surface area contributed by atoms with Crippen molar-refractivity contribution in [3.63, 3.8) is 0 Å². The molecular weight excluding hydrogens is 306 g/mol. The van der Waals surface area contributed by atoms with Crippen molar-refractivity contribution in [2.24, 2.45) is 0 Å².